The van der Waals surface area contributed by atoms with Gasteiger partial charge in [0.1, 0.15) is 0 Å². The van der Waals surface area contributed by atoms with Crippen LogP contribution in [0, 0.1) is 13.8 Å². The summed E-state index contributed by atoms with van der Waals surface area (Å²) in [6, 6.07) is 6.26. The lowest BCUT2D eigenvalue weighted by atomic mass is 9.99. The molecular weight excluding hydrogens is 226 g/mol. The Balaban J connectivity index is 1.99. The SMILES string of the molecule is COC1CNC(C(=O)Cc2cc(C)cc(C)c2)C1. The van der Waals surface area contributed by atoms with Gasteiger partial charge in [-0.05, 0) is 25.8 Å². The van der Waals surface area contributed by atoms with Gasteiger partial charge in [0.2, 0.25) is 0 Å². The van der Waals surface area contributed by atoms with Gasteiger partial charge in [0.25, 0.3) is 0 Å². The molecule has 0 aromatic heterocycles. The van der Waals surface area contributed by atoms with Crippen LogP contribution in [0.3, 0.4) is 0 Å². The monoisotopic (exact) mass is 247 g/mol. The maximum atomic E-state index is 12.2. The van der Waals surface area contributed by atoms with E-state index in [1.165, 1.54) is 11.1 Å². The fourth-order valence-corrected chi connectivity index (χ4v) is 2.62. The minimum absolute atomic E-state index is 0.0456. The topological polar surface area (TPSA) is 38.3 Å². The standard InChI is InChI=1S/C15H21NO2/c1-10-4-11(2)6-12(5-10)7-15(17)14-8-13(18-3)9-16-14/h4-6,13-14,16H,7-9H2,1-3H3. The molecule has 0 aliphatic carbocycles. The molecule has 1 aromatic rings. The summed E-state index contributed by atoms with van der Waals surface area (Å²) in [4.78, 5) is 12.2. The predicted octanol–water partition coefficient (Wildman–Crippen LogP) is 1.79. The first-order chi connectivity index (χ1) is 8.58. The smallest absolute Gasteiger partial charge is 0.154 e. The normalized spacial score (nSPS) is 23.3. The third-order valence-electron chi connectivity index (χ3n) is 3.47. The van der Waals surface area contributed by atoms with E-state index < -0.39 is 0 Å². The minimum Gasteiger partial charge on any atom is -0.380 e. The highest BCUT2D eigenvalue weighted by atomic mass is 16.5. The van der Waals surface area contributed by atoms with E-state index in [1.54, 1.807) is 7.11 Å². The van der Waals surface area contributed by atoms with Gasteiger partial charge >= 0.3 is 0 Å². The summed E-state index contributed by atoms with van der Waals surface area (Å²) in [6.45, 7) is 4.91. The van der Waals surface area contributed by atoms with Gasteiger partial charge in [0.15, 0.2) is 5.78 Å². The second-order valence-corrected chi connectivity index (χ2v) is 5.19. The fourth-order valence-electron chi connectivity index (χ4n) is 2.62. The zero-order valence-corrected chi connectivity index (χ0v) is 11.3. The Kier molecular flexibility index (Phi) is 4.15. The number of carbonyl (C=O) groups excluding carboxylic acids is 1. The van der Waals surface area contributed by atoms with E-state index in [4.69, 9.17) is 4.74 Å². The first-order valence-corrected chi connectivity index (χ1v) is 6.44. The summed E-state index contributed by atoms with van der Waals surface area (Å²) in [7, 11) is 1.70. The van der Waals surface area contributed by atoms with Crippen molar-refractivity contribution in [2.75, 3.05) is 13.7 Å². The van der Waals surface area contributed by atoms with E-state index in [2.05, 4.69) is 37.4 Å². The molecule has 1 aromatic carbocycles. The molecule has 98 valence electrons. The summed E-state index contributed by atoms with van der Waals surface area (Å²) >= 11 is 0. The molecule has 3 nitrogen and oxygen atoms in total. The van der Waals surface area contributed by atoms with Gasteiger partial charge in [0, 0.05) is 20.1 Å². The number of methoxy groups -OCH3 is 1. The lowest BCUT2D eigenvalue weighted by Crippen LogP contribution is -2.31. The van der Waals surface area contributed by atoms with E-state index in [0.29, 0.717) is 6.42 Å². The van der Waals surface area contributed by atoms with Crippen molar-refractivity contribution < 1.29 is 9.53 Å². The number of benzene rings is 1. The number of rotatable bonds is 4. The van der Waals surface area contributed by atoms with Gasteiger partial charge in [-0.3, -0.25) is 4.79 Å². The van der Waals surface area contributed by atoms with Crippen molar-refractivity contribution in [1.82, 2.24) is 5.32 Å². The summed E-state index contributed by atoms with van der Waals surface area (Å²) in [5, 5.41) is 3.23. The number of hydrogen-bond donors (Lipinski definition) is 1. The van der Waals surface area contributed by atoms with Crippen LogP contribution in [0.5, 0.6) is 0 Å². The van der Waals surface area contributed by atoms with Crippen LogP contribution in [0.25, 0.3) is 0 Å². The quantitative estimate of drug-likeness (QED) is 0.881. The van der Waals surface area contributed by atoms with Gasteiger partial charge < -0.3 is 10.1 Å². The van der Waals surface area contributed by atoms with E-state index in [9.17, 15) is 4.79 Å². The molecule has 1 heterocycles. The summed E-state index contributed by atoms with van der Waals surface area (Å²) in [5.74, 6) is 0.263. The van der Waals surface area contributed by atoms with Gasteiger partial charge in [-0.15, -0.1) is 0 Å². The lowest BCUT2D eigenvalue weighted by molar-refractivity contribution is -0.120. The highest BCUT2D eigenvalue weighted by Gasteiger charge is 2.28. The third kappa shape index (κ3) is 3.18. The zero-order valence-electron chi connectivity index (χ0n) is 11.3. The second kappa shape index (κ2) is 5.63. The molecule has 0 saturated carbocycles. The van der Waals surface area contributed by atoms with Crippen molar-refractivity contribution in [2.24, 2.45) is 0 Å². The molecule has 2 rings (SSSR count). The van der Waals surface area contributed by atoms with Gasteiger partial charge in [-0.25, -0.2) is 0 Å². The molecule has 3 heteroatoms. The summed E-state index contributed by atoms with van der Waals surface area (Å²) in [6.07, 6.45) is 1.48. The first kappa shape index (κ1) is 13.2. The maximum absolute atomic E-state index is 12.2. The molecule has 0 spiro atoms. The molecule has 1 aliphatic heterocycles. The Morgan fingerprint density at radius 3 is 2.56 bits per heavy atom. The van der Waals surface area contributed by atoms with E-state index in [-0.39, 0.29) is 17.9 Å². The van der Waals surface area contributed by atoms with Crippen molar-refractivity contribution >= 4 is 5.78 Å². The molecule has 1 N–H and O–H groups in total. The number of Topliss-reactive ketones (excluding diaryl/α,β-unsaturated/α-hetero) is 1. The number of hydrogen-bond acceptors (Lipinski definition) is 3. The molecule has 1 fully saturated rings. The van der Waals surface area contributed by atoms with Crippen LogP contribution in [0.15, 0.2) is 18.2 Å². The van der Waals surface area contributed by atoms with Crippen LogP contribution in [-0.2, 0) is 16.0 Å². The number of nitrogens with one attached hydrogen (secondary N) is 1. The first-order valence-electron chi connectivity index (χ1n) is 6.44. The highest BCUT2D eigenvalue weighted by Crippen LogP contribution is 2.15. The minimum atomic E-state index is -0.0456. The third-order valence-corrected chi connectivity index (χ3v) is 3.47. The number of carbonyl (C=O) groups is 1. The van der Waals surface area contributed by atoms with E-state index in [1.807, 2.05) is 0 Å². The van der Waals surface area contributed by atoms with Crippen molar-refractivity contribution in [3.63, 3.8) is 0 Å². The predicted molar refractivity (Wildman–Crippen MR) is 71.8 cm³/mol. The Morgan fingerprint density at radius 1 is 1.33 bits per heavy atom. The largest absolute Gasteiger partial charge is 0.380 e. The highest BCUT2D eigenvalue weighted by molar-refractivity contribution is 5.86. The second-order valence-electron chi connectivity index (χ2n) is 5.19. The summed E-state index contributed by atoms with van der Waals surface area (Å²) < 4.78 is 5.27. The van der Waals surface area contributed by atoms with Gasteiger partial charge in [-0.2, -0.15) is 0 Å². The average Bonchev–Trinajstić information content (AvgIpc) is 2.75. The Morgan fingerprint density at radius 2 is 2.00 bits per heavy atom. The molecule has 18 heavy (non-hydrogen) atoms. The maximum Gasteiger partial charge on any atom is 0.154 e. The van der Waals surface area contributed by atoms with Crippen LogP contribution in [0.4, 0.5) is 0 Å². The van der Waals surface area contributed by atoms with Crippen LogP contribution >= 0.6 is 0 Å². The molecule has 2 atom stereocenters. The molecule has 0 radical (unpaired) electrons. The zero-order chi connectivity index (χ0) is 13.1. The summed E-state index contributed by atoms with van der Waals surface area (Å²) in [5.41, 5.74) is 3.54. The molecule has 1 saturated heterocycles. The van der Waals surface area contributed by atoms with Crippen LogP contribution in [-0.4, -0.2) is 31.6 Å². The Labute approximate surface area is 109 Å². The fraction of sp³-hybridized carbons (Fsp3) is 0.533. The van der Waals surface area contributed by atoms with Crippen LogP contribution in [0.2, 0.25) is 0 Å². The van der Waals surface area contributed by atoms with Gasteiger partial charge in [0.05, 0.1) is 12.1 Å². The van der Waals surface area contributed by atoms with E-state index in [0.717, 1.165) is 18.5 Å². The number of ketones is 1. The molecule has 2 unspecified atom stereocenters. The van der Waals surface area contributed by atoms with Crippen LogP contribution in [0.1, 0.15) is 23.1 Å². The average molecular weight is 247 g/mol. The molecule has 1 aliphatic rings. The van der Waals surface area contributed by atoms with Crippen molar-refractivity contribution in [1.29, 1.82) is 0 Å². The molecule has 0 bridgehead atoms. The lowest BCUT2D eigenvalue weighted by Gasteiger charge is -2.10. The molecule has 0 amide bonds. The Bertz CT molecular complexity index is 422. The Hall–Kier alpha value is -1.19. The van der Waals surface area contributed by atoms with Crippen molar-refractivity contribution in [2.45, 2.75) is 38.8 Å². The molecular formula is C15H21NO2. The van der Waals surface area contributed by atoms with Crippen molar-refractivity contribution in [3.05, 3.63) is 34.9 Å². The number of ether oxygens (including phenoxy) is 1. The van der Waals surface area contributed by atoms with E-state index >= 15 is 0 Å². The van der Waals surface area contributed by atoms with Crippen molar-refractivity contribution in [3.8, 4) is 0 Å². The van der Waals surface area contributed by atoms with Crippen LogP contribution < -0.4 is 5.32 Å². The van der Waals surface area contributed by atoms with Gasteiger partial charge in [-0.1, -0.05) is 29.3 Å². The number of aryl methyl sites for hydroxylation is 2.